The number of carboxylic acid groups (broad SMARTS) is 4. The molecule has 2 heterocycles. The van der Waals surface area contributed by atoms with Crippen LogP contribution in [-0.4, -0.2) is 80.5 Å². The van der Waals surface area contributed by atoms with Gasteiger partial charge in [0.05, 0.1) is 35.0 Å². The van der Waals surface area contributed by atoms with Gasteiger partial charge in [-0.1, -0.05) is 0 Å². The van der Waals surface area contributed by atoms with Crippen LogP contribution in [0.15, 0.2) is 0 Å². The molecule has 14 nitrogen and oxygen atoms in total. The summed E-state index contributed by atoms with van der Waals surface area (Å²) in [7, 11) is 0. The Morgan fingerprint density at radius 3 is 1.11 bits per heavy atom. The van der Waals surface area contributed by atoms with E-state index in [-0.39, 0.29) is 36.6 Å². The van der Waals surface area contributed by atoms with Crippen LogP contribution in [-0.2, 0) is 28.7 Å². The minimum atomic E-state index is -1.38. The maximum Gasteiger partial charge on any atom is 0.309 e. The molecule has 0 amide bonds. The van der Waals surface area contributed by atoms with Crippen molar-refractivity contribution >= 4 is 23.9 Å². The molecule has 0 saturated carbocycles. The molecular weight excluding hydrogens is 484 g/mol. The van der Waals surface area contributed by atoms with Gasteiger partial charge in [0.15, 0.2) is 0 Å². The van der Waals surface area contributed by atoms with Crippen molar-refractivity contribution in [2.24, 2.45) is 11.8 Å². The maximum atomic E-state index is 10.9. The van der Waals surface area contributed by atoms with Crippen LogP contribution in [0.1, 0.15) is 67.2 Å². The molecule has 0 aliphatic carbocycles. The zero-order valence-electron chi connectivity index (χ0n) is 22.0. The van der Waals surface area contributed by atoms with Gasteiger partial charge in [-0.2, -0.15) is 0 Å². The van der Waals surface area contributed by atoms with Gasteiger partial charge in [-0.25, -0.2) is 0 Å². The summed E-state index contributed by atoms with van der Waals surface area (Å²) in [6, 6.07) is 0. The van der Waals surface area contributed by atoms with Crippen molar-refractivity contribution in [1.82, 2.24) is 0 Å². The van der Waals surface area contributed by atoms with Gasteiger partial charge < -0.3 is 61.9 Å². The first kappa shape index (κ1) is 38.2. The van der Waals surface area contributed by atoms with Gasteiger partial charge in [-0.15, -0.1) is 0 Å². The van der Waals surface area contributed by atoms with Crippen molar-refractivity contribution in [1.29, 1.82) is 0 Å². The molecule has 0 bridgehead atoms. The molecule has 0 spiro atoms. The Balaban J connectivity index is -0.000000502. The van der Waals surface area contributed by atoms with Gasteiger partial charge in [-0.3, -0.25) is 9.59 Å². The van der Waals surface area contributed by atoms with Crippen molar-refractivity contribution in [2.45, 2.75) is 89.6 Å². The normalized spacial score (nSPS) is 29.8. The molecule has 0 aromatic rings. The molecule has 2 aliphatic heterocycles. The predicted octanol–water partition coefficient (Wildman–Crippen LogP) is -4.61. The van der Waals surface area contributed by atoms with E-state index in [1.165, 1.54) is 13.8 Å². The Morgan fingerprint density at radius 2 is 0.972 bits per heavy atom. The van der Waals surface area contributed by atoms with Gasteiger partial charge >= 0.3 is 11.9 Å². The van der Waals surface area contributed by atoms with Crippen LogP contribution in [0.4, 0.5) is 0 Å². The Bertz CT molecular complexity index is 695. The molecule has 2 rings (SSSR count). The van der Waals surface area contributed by atoms with Gasteiger partial charge in [-0.05, 0) is 67.2 Å². The number of carboxylic acids is 4. The Kier molecular flexibility index (Phi) is 15.3. The molecule has 0 aromatic heterocycles. The minimum Gasteiger partial charge on any atom is -0.547 e. The van der Waals surface area contributed by atoms with Crippen LogP contribution in [0, 0.1) is 11.8 Å². The lowest BCUT2D eigenvalue weighted by Crippen LogP contribution is -2.64. The van der Waals surface area contributed by atoms with Crippen molar-refractivity contribution in [3.8, 4) is 0 Å². The molecule has 36 heavy (non-hydrogen) atoms. The molecule has 0 aromatic carbocycles. The Labute approximate surface area is 210 Å². The summed E-state index contributed by atoms with van der Waals surface area (Å²) in [6.07, 6.45) is 0.894. The molecule has 214 valence electrons. The molecule has 12 N–H and O–H groups in total. The first-order valence-corrected chi connectivity index (χ1v) is 11.2. The van der Waals surface area contributed by atoms with Crippen LogP contribution in [0.3, 0.4) is 0 Å². The largest absolute Gasteiger partial charge is 0.547 e. The standard InChI is InChI=1S/2C10H16O5.C2H8N2.2H2O/c2*1-9(2)6(7(11)12)4-5-10(3,15-9)8(13)14;3-1-2-4;;/h2*6H,4-5H2,1-3H3,(H,11,12)(H,13,14);1-4H2;2*1H2/t2*6-,10+;;;/m00.../s1. The predicted molar refractivity (Wildman–Crippen MR) is 121 cm³/mol. The molecule has 0 unspecified atom stereocenters. The monoisotopic (exact) mass is 528 g/mol. The summed E-state index contributed by atoms with van der Waals surface area (Å²) < 4.78 is 10.7. The third-order valence-electron chi connectivity index (χ3n) is 6.18. The van der Waals surface area contributed by atoms with Gasteiger partial charge in [0.2, 0.25) is 0 Å². The molecule has 14 heteroatoms. The molecular formula is C22H44N2O12. The number of quaternary nitrogens is 2. The second kappa shape index (κ2) is 14.4. The zero-order valence-corrected chi connectivity index (χ0v) is 22.0. The zero-order chi connectivity index (χ0) is 27.1. The minimum absolute atomic E-state index is 0. The SMILES string of the molecule is CC1(C)O[C@@](C)(C(=O)[O-])CC[C@H]1C(=O)O.CC1(C)O[C@@](C)(C(=O)[O-])CC[C@H]1C(=O)O.O.O.[NH3+]CC[NH3+]. The first-order chi connectivity index (χ1) is 15.3. The first-order valence-electron chi connectivity index (χ1n) is 11.2. The van der Waals surface area contributed by atoms with E-state index in [4.69, 9.17) is 19.7 Å². The van der Waals surface area contributed by atoms with Crippen LogP contribution in [0.25, 0.3) is 0 Å². The van der Waals surface area contributed by atoms with E-state index in [9.17, 15) is 29.4 Å². The Morgan fingerprint density at radius 1 is 0.722 bits per heavy atom. The van der Waals surface area contributed by atoms with Gasteiger partial charge in [0, 0.05) is 0 Å². The number of hydrogen-bond acceptors (Lipinski definition) is 8. The third kappa shape index (κ3) is 9.95. The fraction of sp³-hybridized carbons (Fsp3) is 0.818. The highest BCUT2D eigenvalue weighted by Crippen LogP contribution is 2.40. The summed E-state index contributed by atoms with van der Waals surface area (Å²) in [5.74, 6) is -5.85. The highest BCUT2D eigenvalue weighted by Gasteiger charge is 2.48. The van der Waals surface area contributed by atoms with Crippen LogP contribution < -0.4 is 21.7 Å². The average Bonchev–Trinajstić information content (AvgIpc) is 2.66. The lowest BCUT2D eigenvalue weighted by molar-refractivity contribution is -0.453. The smallest absolute Gasteiger partial charge is 0.309 e. The van der Waals surface area contributed by atoms with Gasteiger partial charge in [0.1, 0.15) is 24.3 Å². The van der Waals surface area contributed by atoms with Crippen molar-refractivity contribution in [2.75, 3.05) is 13.1 Å². The number of ether oxygens (including phenoxy) is 2. The van der Waals surface area contributed by atoms with E-state index >= 15 is 0 Å². The second-order valence-electron chi connectivity index (χ2n) is 10.0. The van der Waals surface area contributed by atoms with E-state index in [1.807, 2.05) is 0 Å². The lowest BCUT2D eigenvalue weighted by atomic mass is 9.79. The fourth-order valence-electron chi connectivity index (χ4n) is 4.07. The molecule has 4 atom stereocenters. The molecule has 0 radical (unpaired) electrons. The van der Waals surface area contributed by atoms with Crippen LogP contribution >= 0.6 is 0 Å². The van der Waals surface area contributed by atoms with Crippen molar-refractivity contribution in [3.63, 3.8) is 0 Å². The topological polar surface area (TPSA) is 292 Å². The molecule has 2 fully saturated rings. The van der Waals surface area contributed by atoms with E-state index in [1.54, 1.807) is 27.7 Å². The Hall–Kier alpha value is -2.36. The number of hydrogen-bond donors (Lipinski definition) is 4. The number of rotatable bonds is 5. The number of carbonyl (C=O) groups is 4. The molecule has 2 saturated heterocycles. The second-order valence-corrected chi connectivity index (χ2v) is 10.0. The van der Waals surface area contributed by atoms with E-state index in [0.717, 1.165) is 13.1 Å². The summed E-state index contributed by atoms with van der Waals surface area (Å²) in [6.45, 7) is 11.1. The summed E-state index contributed by atoms with van der Waals surface area (Å²) in [5.41, 5.74) is 2.35. The summed E-state index contributed by atoms with van der Waals surface area (Å²) in [5, 5.41) is 39.6. The number of aliphatic carboxylic acids is 4. The van der Waals surface area contributed by atoms with E-state index < -0.39 is 58.1 Å². The van der Waals surface area contributed by atoms with E-state index in [0.29, 0.717) is 0 Å². The summed E-state index contributed by atoms with van der Waals surface area (Å²) >= 11 is 0. The van der Waals surface area contributed by atoms with E-state index in [2.05, 4.69) is 11.5 Å². The fourth-order valence-corrected chi connectivity index (χ4v) is 4.07. The van der Waals surface area contributed by atoms with Crippen molar-refractivity contribution < 1.29 is 71.5 Å². The maximum absolute atomic E-state index is 10.9. The average molecular weight is 529 g/mol. The third-order valence-corrected chi connectivity index (χ3v) is 6.18. The number of carbonyl (C=O) groups excluding carboxylic acids is 2. The van der Waals surface area contributed by atoms with Crippen LogP contribution in [0.2, 0.25) is 0 Å². The quantitative estimate of drug-likeness (QED) is 0.264. The molecule has 2 aliphatic rings. The lowest BCUT2D eigenvalue weighted by Gasteiger charge is -2.46. The van der Waals surface area contributed by atoms with Crippen LogP contribution in [0.5, 0.6) is 0 Å². The van der Waals surface area contributed by atoms with Crippen molar-refractivity contribution in [3.05, 3.63) is 0 Å². The highest BCUT2D eigenvalue weighted by molar-refractivity contribution is 5.77. The highest BCUT2D eigenvalue weighted by atomic mass is 16.6. The van der Waals surface area contributed by atoms with Gasteiger partial charge in [0.25, 0.3) is 0 Å². The summed E-state index contributed by atoms with van der Waals surface area (Å²) in [4.78, 5) is 43.5.